The summed E-state index contributed by atoms with van der Waals surface area (Å²) in [6.07, 6.45) is -0.205. The molecule has 0 aliphatic heterocycles. The number of ether oxygens (including phenoxy) is 2. The summed E-state index contributed by atoms with van der Waals surface area (Å²) >= 11 is 1.34. The molecule has 0 aliphatic rings. The summed E-state index contributed by atoms with van der Waals surface area (Å²) in [6, 6.07) is 14.5. The molecule has 0 spiro atoms. The molecule has 0 bridgehead atoms. The van der Waals surface area contributed by atoms with Gasteiger partial charge >= 0.3 is 5.97 Å². The minimum Gasteiger partial charge on any atom is -0.494 e. The number of esters is 1. The van der Waals surface area contributed by atoms with Crippen molar-refractivity contribution in [1.82, 2.24) is 4.98 Å². The van der Waals surface area contributed by atoms with Gasteiger partial charge in [0.25, 0.3) is 0 Å². The van der Waals surface area contributed by atoms with Crippen molar-refractivity contribution in [1.29, 1.82) is 0 Å². The first kappa shape index (κ1) is 21.6. The molecule has 0 saturated heterocycles. The van der Waals surface area contributed by atoms with Gasteiger partial charge in [-0.15, -0.1) is 0 Å². The van der Waals surface area contributed by atoms with Gasteiger partial charge in [0.05, 0.1) is 29.6 Å². The molecule has 2 aromatic carbocycles. The third-order valence-electron chi connectivity index (χ3n) is 4.28. The number of methoxy groups -OCH3 is 1. The lowest BCUT2D eigenvalue weighted by molar-refractivity contribution is -0.113. The average molecular weight is 425 g/mol. The van der Waals surface area contributed by atoms with Crippen LogP contribution >= 0.6 is 11.8 Å². The van der Waals surface area contributed by atoms with Gasteiger partial charge in [0, 0.05) is 11.1 Å². The number of hydrogen-bond donors (Lipinski definition) is 1. The molecule has 0 fully saturated rings. The van der Waals surface area contributed by atoms with Crippen LogP contribution in [0.15, 0.2) is 53.6 Å². The summed E-state index contributed by atoms with van der Waals surface area (Å²) < 4.78 is 10.6. The van der Waals surface area contributed by atoms with E-state index in [1.54, 1.807) is 45.2 Å². The highest BCUT2D eigenvalue weighted by atomic mass is 32.2. The quantitative estimate of drug-likeness (QED) is 0.432. The van der Waals surface area contributed by atoms with Crippen LogP contribution < -0.4 is 10.1 Å². The Hall–Kier alpha value is -3.06. The van der Waals surface area contributed by atoms with Crippen molar-refractivity contribution in [3.05, 3.63) is 59.7 Å². The van der Waals surface area contributed by atoms with Gasteiger partial charge in [-0.25, -0.2) is 9.78 Å². The van der Waals surface area contributed by atoms with E-state index in [1.165, 1.54) is 11.8 Å². The number of carbonyl (C=O) groups is 2. The summed E-state index contributed by atoms with van der Waals surface area (Å²) in [4.78, 5) is 29.1. The minimum absolute atomic E-state index is 0.186. The number of pyridine rings is 1. The van der Waals surface area contributed by atoms with E-state index in [-0.39, 0.29) is 17.8 Å². The van der Waals surface area contributed by atoms with E-state index >= 15 is 0 Å². The molecular weight excluding hydrogens is 400 g/mol. The van der Waals surface area contributed by atoms with Crippen LogP contribution in [0.1, 0.15) is 29.8 Å². The predicted molar refractivity (Wildman–Crippen MR) is 119 cm³/mol. The number of nitrogens with zero attached hydrogens (tertiary/aromatic N) is 1. The predicted octanol–water partition coefficient (Wildman–Crippen LogP) is 4.85. The number of aryl methyl sites for hydroxylation is 1. The van der Waals surface area contributed by atoms with Crippen LogP contribution in [0.2, 0.25) is 0 Å². The summed E-state index contributed by atoms with van der Waals surface area (Å²) in [5, 5.41) is 4.58. The highest BCUT2D eigenvalue weighted by Gasteiger charge is 2.12. The van der Waals surface area contributed by atoms with Crippen molar-refractivity contribution in [3.8, 4) is 5.75 Å². The molecule has 1 amide bonds. The maximum atomic E-state index is 12.4. The molecule has 0 radical (unpaired) electrons. The molecule has 3 rings (SSSR count). The lowest BCUT2D eigenvalue weighted by atomic mass is 10.1. The van der Waals surface area contributed by atoms with Crippen molar-refractivity contribution >= 4 is 40.2 Å². The molecule has 1 heterocycles. The maximum absolute atomic E-state index is 12.4. The van der Waals surface area contributed by atoms with Gasteiger partial charge in [-0.2, -0.15) is 0 Å². The Labute approximate surface area is 180 Å². The zero-order chi connectivity index (χ0) is 21.7. The normalized spacial score (nSPS) is 10.8. The fraction of sp³-hybridized carbons (Fsp3) is 0.261. The number of rotatable bonds is 7. The molecule has 0 aliphatic carbocycles. The third kappa shape index (κ3) is 5.30. The molecule has 30 heavy (non-hydrogen) atoms. The van der Waals surface area contributed by atoms with Crippen LogP contribution in [0.3, 0.4) is 0 Å². The summed E-state index contributed by atoms with van der Waals surface area (Å²) in [5.74, 6) is 0.287. The van der Waals surface area contributed by atoms with Crippen molar-refractivity contribution < 1.29 is 19.1 Å². The first-order valence-electron chi connectivity index (χ1n) is 9.55. The highest BCUT2D eigenvalue weighted by molar-refractivity contribution is 7.99. The van der Waals surface area contributed by atoms with Crippen LogP contribution in [0.4, 0.5) is 5.69 Å². The number of thioether (sulfide) groups is 1. The van der Waals surface area contributed by atoms with Crippen LogP contribution in [0.25, 0.3) is 10.9 Å². The van der Waals surface area contributed by atoms with Gasteiger partial charge in [-0.3, -0.25) is 4.79 Å². The van der Waals surface area contributed by atoms with E-state index in [9.17, 15) is 9.59 Å². The van der Waals surface area contributed by atoms with Crippen LogP contribution in [0.5, 0.6) is 5.75 Å². The Balaban J connectivity index is 1.67. The van der Waals surface area contributed by atoms with E-state index in [4.69, 9.17) is 9.47 Å². The van der Waals surface area contributed by atoms with Crippen LogP contribution in [-0.4, -0.2) is 35.8 Å². The molecule has 0 atom stereocenters. The number of hydrogen-bond acceptors (Lipinski definition) is 6. The van der Waals surface area contributed by atoms with Gasteiger partial charge < -0.3 is 14.8 Å². The zero-order valence-corrected chi connectivity index (χ0v) is 18.2. The van der Waals surface area contributed by atoms with Gasteiger partial charge in [-0.1, -0.05) is 30.0 Å². The molecule has 7 heteroatoms. The molecular formula is C23H24N2O4S. The second kappa shape index (κ2) is 9.63. The van der Waals surface area contributed by atoms with E-state index < -0.39 is 5.97 Å². The molecule has 0 unspecified atom stereocenters. The first-order chi connectivity index (χ1) is 14.4. The molecule has 3 aromatic rings. The van der Waals surface area contributed by atoms with Crippen molar-refractivity contribution in [2.75, 3.05) is 18.2 Å². The number of fused-ring (bicyclic) bond motifs is 1. The lowest BCUT2D eigenvalue weighted by Gasteiger charge is -2.11. The van der Waals surface area contributed by atoms with Gasteiger partial charge in [0.1, 0.15) is 11.3 Å². The largest absolute Gasteiger partial charge is 0.494 e. The topological polar surface area (TPSA) is 77.5 Å². The van der Waals surface area contributed by atoms with Crippen LogP contribution in [-0.2, 0) is 9.53 Å². The molecule has 1 N–H and O–H groups in total. The van der Waals surface area contributed by atoms with Gasteiger partial charge in [0.15, 0.2) is 0 Å². The van der Waals surface area contributed by atoms with Gasteiger partial charge in [-0.05, 0) is 56.7 Å². The first-order valence-corrected chi connectivity index (χ1v) is 10.5. The number of anilines is 1. The highest BCUT2D eigenvalue weighted by Crippen LogP contribution is 2.29. The Bertz CT molecular complexity index is 1080. The third-order valence-corrected chi connectivity index (χ3v) is 5.19. The number of aromatic nitrogens is 1. The summed E-state index contributed by atoms with van der Waals surface area (Å²) in [5.41, 5.74) is 2.79. The van der Waals surface area contributed by atoms with Crippen molar-refractivity contribution in [3.63, 3.8) is 0 Å². The number of benzene rings is 2. The lowest BCUT2D eigenvalue weighted by Crippen LogP contribution is -2.15. The smallest absolute Gasteiger partial charge is 0.338 e. The zero-order valence-electron chi connectivity index (χ0n) is 17.4. The molecule has 1 aromatic heterocycles. The maximum Gasteiger partial charge on any atom is 0.338 e. The number of nitrogens with one attached hydrogen (secondary N) is 1. The Morgan fingerprint density at radius 2 is 1.90 bits per heavy atom. The second-order valence-corrected chi connectivity index (χ2v) is 8.00. The number of para-hydroxylation sites is 1. The molecule has 6 nitrogen and oxygen atoms in total. The van der Waals surface area contributed by atoms with E-state index in [0.717, 1.165) is 21.5 Å². The summed E-state index contributed by atoms with van der Waals surface area (Å²) in [7, 11) is 1.62. The minimum atomic E-state index is -0.416. The fourth-order valence-corrected chi connectivity index (χ4v) is 3.71. The Morgan fingerprint density at radius 3 is 2.63 bits per heavy atom. The van der Waals surface area contributed by atoms with Crippen molar-refractivity contribution in [2.45, 2.75) is 31.9 Å². The molecule has 156 valence electrons. The summed E-state index contributed by atoms with van der Waals surface area (Å²) in [6.45, 7) is 5.59. The number of amides is 1. The number of carbonyl (C=O) groups excluding carboxylic acids is 2. The average Bonchev–Trinajstić information content (AvgIpc) is 2.71. The second-order valence-electron chi connectivity index (χ2n) is 7.01. The Morgan fingerprint density at radius 1 is 1.13 bits per heavy atom. The van der Waals surface area contributed by atoms with E-state index in [1.807, 2.05) is 31.2 Å². The van der Waals surface area contributed by atoms with Crippen LogP contribution in [0, 0.1) is 6.92 Å². The monoisotopic (exact) mass is 424 g/mol. The van der Waals surface area contributed by atoms with E-state index in [0.29, 0.717) is 17.0 Å². The molecule has 0 saturated carbocycles. The van der Waals surface area contributed by atoms with Gasteiger partial charge in [0.2, 0.25) is 5.91 Å². The standard InChI is InChI=1S/C23H24N2O4S/c1-14(2)29-23(27)16-7-5-8-17(12-16)24-20(26)13-30-21-11-15(3)18-9-6-10-19(28-4)22(18)25-21/h5-12,14H,13H2,1-4H3,(H,24,26). The fourth-order valence-electron chi connectivity index (χ4n) is 2.94. The van der Waals surface area contributed by atoms with E-state index in [2.05, 4.69) is 10.3 Å². The SMILES string of the molecule is COc1cccc2c(C)cc(SCC(=O)Nc3cccc(C(=O)OC(C)C)c3)nc12. The Kier molecular flexibility index (Phi) is 6.95. The van der Waals surface area contributed by atoms with Crippen molar-refractivity contribution in [2.24, 2.45) is 0 Å².